The Balaban J connectivity index is 1.44. The normalized spacial score (nSPS) is 16.2. The third kappa shape index (κ3) is 5.10. The smallest absolute Gasteiger partial charge is 0.220 e. The number of carbonyl (C=O) groups is 1. The average Bonchev–Trinajstić information content (AvgIpc) is 3.07. The van der Waals surface area contributed by atoms with Crippen LogP contribution in [0.4, 0.5) is 5.82 Å². The number of anilines is 1. The molecule has 1 aromatic carbocycles. The number of aromatic nitrogens is 2. The molecule has 3 rings (SSSR count). The maximum absolute atomic E-state index is 12.3. The van der Waals surface area contributed by atoms with Crippen LogP contribution in [-0.4, -0.2) is 28.8 Å². The van der Waals surface area contributed by atoms with Crippen LogP contribution in [-0.2, 0) is 11.2 Å². The van der Waals surface area contributed by atoms with E-state index in [9.17, 15) is 4.79 Å². The van der Waals surface area contributed by atoms with Crippen LogP contribution < -0.4 is 16.8 Å². The summed E-state index contributed by atoms with van der Waals surface area (Å²) in [5.74, 6) is 0.749. The summed E-state index contributed by atoms with van der Waals surface area (Å²) in [5, 5.41) is 7.63. The highest BCUT2D eigenvalue weighted by molar-refractivity contribution is 5.76. The Morgan fingerprint density at radius 1 is 1.19 bits per heavy atom. The van der Waals surface area contributed by atoms with Gasteiger partial charge in [-0.25, -0.2) is 4.68 Å². The van der Waals surface area contributed by atoms with Gasteiger partial charge in [-0.15, -0.1) is 0 Å². The first kappa shape index (κ1) is 19.4. The molecule has 2 aromatic rings. The second kappa shape index (κ2) is 9.04. The van der Waals surface area contributed by atoms with Crippen molar-refractivity contribution in [3.63, 3.8) is 0 Å². The maximum Gasteiger partial charge on any atom is 0.220 e. The fraction of sp³-hybridized carbons (Fsp3) is 0.524. The SMILES string of the molecule is NCC1(CC(=O)NCCCc2cc(N)n(-c3ccccc3)n2)CCCCC1. The molecule has 1 amide bonds. The summed E-state index contributed by atoms with van der Waals surface area (Å²) in [5.41, 5.74) is 14.0. The Hall–Kier alpha value is -2.34. The molecule has 1 fully saturated rings. The molecular weight excluding hydrogens is 338 g/mol. The minimum Gasteiger partial charge on any atom is -0.384 e. The lowest BCUT2D eigenvalue weighted by molar-refractivity contribution is -0.123. The number of carbonyl (C=O) groups excluding carboxylic acids is 1. The number of para-hydroxylation sites is 1. The zero-order valence-corrected chi connectivity index (χ0v) is 16.0. The van der Waals surface area contributed by atoms with E-state index in [2.05, 4.69) is 10.4 Å². The summed E-state index contributed by atoms with van der Waals surface area (Å²) in [6, 6.07) is 11.8. The fourth-order valence-electron chi connectivity index (χ4n) is 4.00. The van der Waals surface area contributed by atoms with Crippen LogP contribution in [0.3, 0.4) is 0 Å². The Labute approximate surface area is 161 Å². The predicted octanol–water partition coefficient (Wildman–Crippen LogP) is 2.80. The number of amides is 1. The summed E-state index contributed by atoms with van der Waals surface area (Å²) in [6.07, 6.45) is 7.98. The molecule has 0 atom stereocenters. The highest BCUT2D eigenvalue weighted by Gasteiger charge is 2.32. The third-order valence-corrected chi connectivity index (χ3v) is 5.60. The molecule has 0 aliphatic heterocycles. The Kier molecular flexibility index (Phi) is 6.50. The third-order valence-electron chi connectivity index (χ3n) is 5.60. The number of hydrogen-bond donors (Lipinski definition) is 3. The fourth-order valence-corrected chi connectivity index (χ4v) is 4.00. The van der Waals surface area contributed by atoms with E-state index in [1.165, 1.54) is 19.3 Å². The number of rotatable bonds is 8. The molecule has 5 N–H and O–H groups in total. The van der Waals surface area contributed by atoms with Crippen molar-refractivity contribution in [2.75, 3.05) is 18.8 Å². The van der Waals surface area contributed by atoms with Crippen LogP contribution in [0.5, 0.6) is 0 Å². The Morgan fingerprint density at radius 2 is 1.93 bits per heavy atom. The van der Waals surface area contributed by atoms with E-state index in [1.807, 2.05) is 36.4 Å². The van der Waals surface area contributed by atoms with Gasteiger partial charge in [-0.2, -0.15) is 5.10 Å². The summed E-state index contributed by atoms with van der Waals surface area (Å²) >= 11 is 0. The van der Waals surface area contributed by atoms with Crippen LogP contribution in [0.25, 0.3) is 5.69 Å². The van der Waals surface area contributed by atoms with E-state index in [1.54, 1.807) is 4.68 Å². The minimum absolute atomic E-state index is 0.0191. The van der Waals surface area contributed by atoms with E-state index in [0.29, 0.717) is 25.3 Å². The van der Waals surface area contributed by atoms with Gasteiger partial charge >= 0.3 is 0 Å². The van der Waals surface area contributed by atoms with Gasteiger partial charge in [-0.1, -0.05) is 37.5 Å². The largest absolute Gasteiger partial charge is 0.384 e. The van der Waals surface area contributed by atoms with Crippen molar-refractivity contribution in [1.82, 2.24) is 15.1 Å². The van der Waals surface area contributed by atoms with Gasteiger partial charge in [-0.3, -0.25) is 4.79 Å². The van der Waals surface area contributed by atoms with Gasteiger partial charge in [0.15, 0.2) is 0 Å². The summed E-state index contributed by atoms with van der Waals surface area (Å²) in [6.45, 7) is 1.26. The lowest BCUT2D eigenvalue weighted by Gasteiger charge is -2.35. The van der Waals surface area contributed by atoms with Gasteiger partial charge in [0, 0.05) is 19.0 Å². The van der Waals surface area contributed by atoms with Crippen molar-refractivity contribution < 1.29 is 4.79 Å². The number of aryl methyl sites for hydroxylation is 1. The molecule has 0 saturated heterocycles. The van der Waals surface area contributed by atoms with Gasteiger partial charge < -0.3 is 16.8 Å². The minimum atomic E-state index is 0.0191. The van der Waals surface area contributed by atoms with E-state index in [0.717, 1.165) is 37.1 Å². The number of benzene rings is 1. The van der Waals surface area contributed by atoms with Gasteiger partial charge in [0.25, 0.3) is 0 Å². The zero-order valence-electron chi connectivity index (χ0n) is 16.0. The molecule has 1 heterocycles. The number of nitrogen functional groups attached to an aromatic ring is 1. The monoisotopic (exact) mass is 369 g/mol. The van der Waals surface area contributed by atoms with Crippen LogP contribution >= 0.6 is 0 Å². The predicted molar refractivity (Wildman–Crippen MR) is 108 cm³/mol. The first-order chi connectivity index (χ1) is 13.1. The lowest BCUT2D eigenvalue weighted by atomic mass is 9.71. The van der Waals surface area contributed by atoms with Gasteiger partial charge in [-0.05, 0) is 49.8 Å². The van der Waals surface area contributed by atoms with Gasteiger partial charge in [0.05, 0.1) is 11.4 Å². The van der Waals surface area contributed by atoms with E-state index in [4.69, 9.17) is 11.5 Å². The van der Waals surface area contributed by atoms with Crippen molar-refractivity contribution in [3.05, 3.63) is 42.1 Å². The second-order valence-electron chi connectivity index (χ2n) is 7.70. The maximum atomic E-state index is 12.3. The lowest BCUT2D eigenvalue weighted by Crippen LogP contribution is -2.38. The molecule has 1 aromatic heterocycles. The quantitative estimate of drug-likeness (QED) is 0.623. The van der Waals surface area contributed by atoms with Crippen LogP contribution in [0.15, 0.2) is 36.4 Å². The first-order valence-electron chi connectivity index (χ1n) is 9.98. The molecule has 0 unspecified atom stereocenters. The van der Waals surface area contributed by atoms with Crippen LogP contribution in [0.1, 0.15) is 50.6 Å². The van der Waals surface area contributed by atoms with Crippen molar-refractivity contribution in [2.45, 2.75) is 51.4 Å². The molecule has 0 spiro atoms. The summed E-state index contributed by atoms with van der Waals surface area (Å²) in [4.78, 5) is 12.3. The van der Waals surface area contributed by atoms with Crippen LogP contribution in [0.2, 0.25) is 0 Å². The van der Waals surface area contributed by atoms with E-state index < -0.39 is 0 Å². The number of nitrogens with one attached hydrogen (secondary N) is 1. The highest BCUT2D eigenvalue weighted by Crippen LogP contribution is 2.38. The molecule has 1 saturated carbocycles. The Bertz CT molecular complexity index is 734. The molecule has 6 heteroatoms. The van der Waals surface area contributed by atoms with Crippen molar-refractivity contribution in [2.24, 2.45) is 11.1 Å². The number of nitrogens with two attached hydrogens (primary N) is 2. The number of nitrogens with zero attached hydrogens (tertiary/aromatic N) is 2. The van der Waals surface area contributed by atoms with Crippen molar-refractivity contribution >= 4 is 11.7 Å². The number of hydrogen-bond acceptors (Lipinski definition) is 4. The second-order valence-corrected chi connectivity index (χ2v) is 7.70. The Morgan fingerprint density at radius 3 is 2.63 bits per heavy atom. The topological polar surface area (TPSA) is 99.0 Å². The van der Waals surface area contributed by atoms with Gasteiger partial charge in [0.1, 0.15) is 5.82 Å². The van der Waals surface area contributed by atoms with E-state index >= 15 is 0 Å². The zero-order chi connectivity index (χ0) is 19.1. The molecule has 6 nitrogen and oxygen atoms in total. The highest BCUT2D eigenvalue weighted by atomic mass is 16.1. The molecule has 1 aliphatic carbocycles. The average molecular weight is 370 g/mol. The molecule has 0 radical (unpaired) electrons. The molecule has 27 heavy (non-hydrogen) atoms. The van der Waals surface area contributed by atoms with E-state index in [-0.39, 0.29) is 11.3 Å². The first-order valence-corrected chi connectivity index (χ1v) is 9.98. The van der Waals surface area contributed by atoms with Crippen molar-refractivity contribution in [1.29, 1.82) is 0 Å². The molecular formula is C21H31N5O. The standard InChI is InChI=1S/C21H31N5O/c22-16-21(11-5-2-6-12-21)15-20(27)24-13-7-8-17-14-19(23)26(25-17)18-9-3-1-4-10-18/h1,3-4,9-10,14H,2,5-8,11-13,15-16,22-23H2,(H,24,27). The van der Waals surface area contributed by atoms with Crippen molar-refractivity contribution in [3.8, 4) is 5.69 Å². The summed E-state index contributed by atoms with van der Waals surface area (Å²) < 4.78 is 1.75. The molecule has 1 aliphatic rings. The van der Waals surface area contributed by atoms with Crippen LogP contribution in [0, 0.1) is 5.41 Å². The molecule has 0 bridgehead atoms. The molecule has 146 valence electrons. The van der Waals surface area contributed by atoms with Gasteiger partial charge in [0.2, 0.25) is 5.91 Å². The summed E-state index contributed by atoms with van der Waals surface area (Å²) in [7, 11) is 0.